The van der Waals surface area contributed by atoms with Crippen molar-refractivity contribution in [2.24, 2.45) is 0 Å². The summed E-state index contributed by atoms with van der Waals surface area (Å²) in [6, 6.07) is 1.00. The van der Waals surface area contributed by atoms with Crippen LogP contribution in [0.15, 0.2) is 17.1 Å². The molecule has 9 nitrogen and oxygen atoms in total. The molecule has 1 aromatic carbocycles. The fourth-order valence-electron chi connectivity index (χ4n) is 4.46. The van der Waals surface area contributed by atoms with Crippen LogP contribution in [-0.2, 0) is 16.1 Å². The Kier molecular flexibility index (Phi) is 7.80. The number of nitrogens with one attached hydrogen (secondary N) is 1. The van der Waals surface area contributed by atoms with Crippen LogP contribution in [0.3, 0.4) is 0 Å². The highest BCUT2D eigenvalue weighted by atomic mass is 19.1. The first kappa shape index (κ1) is 26.6. The SMILES string of the molecule is CCn1cc(C(=O)OC(CC(=O)O)C[N+](C)(C)C)c(=O)c2cc(F)c(N3CCNC(C)C3)c(F)c21. The molecule has 2 unspecified atom stereocenters. The van der Waals surface area contributed by atoms with Gasteiger partial charge in [0.25, 0.3) is 0 Å². The summed E-state index contributed by atoms with van der Waals surface area (Å²) in [5.41, 5.74) is -1.57. The van der Waals surface area contributed by atoms with Crippen LogP contribution in [0.5, 0.6) is 0 Å². The zero-order valence-electron chi connectivity index (χ0n) is 20.7. The van der Waals surface area contributed by atoms with E-state index in [1.165, 1.54) is 10.8 Å². The van der Waals surface area contributed by atoms with Gasteiger partial charge in [-0.1, -0.05) is 0 Å². The number of ether oxygens (including phenoxy) is 1. The van der Waals surface area contributed by atoms with Crippen molar-refractivity contribution >= 4 is 28.5 Å². The van der Waals surface area contributed by atoms with Crippen LogP contribution in [0.1, 0.15) is 30.6 Å². The van der Waals surface area contributed by atoms with Gasteiger partial charge in [-0.2, -0.15) is 0 Å². The molecule has 0 amide bonds. The monoisotopic (exact) mass is 495 g/mol. The molecule has 192 valence electrons. The third-order valence-corrected chi connectivity index (χ3v) is 5.90. The van der Waals surface area contributed by atoms with Crippen LogP contribution in [-0.4, -0.2) is 85.6 Å². The van der Waals surface area contributed by atoms with Crippen molar-refractivity contribution in [2.75, 3.05) is 52.2 Å². The molecule has 0 bridgehead atoms. The zero-order valence-corrected chi connectivity index (χ0v) is 20.7. The summed E-state index contributed by atoms with van der Waals surface area (Å²) in [7, 11) is 5.43. The van der Waals surface area contributed by atoms with Gasteiger partial charge in [0.2, 0.25) is 5.43 Å². The van der Waals surface area contributed by atoms with E-state index in [1.807, 2.05) is 28.1 Å². The summed E-state index contributed by atoms with van der Waals surface area (Å²) in [4.78, 5) is 39.0. The maximum Gasteiger partial charge on any atom is 0.344 e. The molecule has 1 aromatic heterocycles. The Morgan fingerprint density at radius 3 is 2.57 bits per heavy atom. The molecule has 2 aromatic rings. The minimum Gasteiger partial charge on any atom is -0.481 e. The molecule has 0 spiro atoms. The number of carbonyl (C=O) groups excluding carboxylic acids is 1. The van der Waals surface area contributed by atoms with Crippen molar-refractivity contribution in [1.29, 1.82) is 0 Å². The maximum absolute atomic E-state index is 15.7. The molecule has 0 aliphatic carbocycles. The van der Waals surface area contributed by atoms with Crippen molar-refractivity contribution in [2.45, 2.75) is 39.0 Å². The van der Waals surface area contributed by atoms with E-state index in [4.69, 9.17) is 4.74 Å². The first-order valence-corrected chi connectivity index (χ1v) is 11.6. The number of aliphatic carboxylic acids is 1. The third-order valence-electron chi connectivity index (χ3n) is 5.90. The second kappa shape index (κ2) is 10.3. The van der Waals surface area contributed by atoms with Gasteiger partial charge in [0.1, 0.15) is 23.6 Å². The summed E-state index contributed by atoms with van der Waals surface area (Å²) in [6.07, 6.45) is -0.232. The number of piperazine rings is 1. The number of carboxylic acid groups (broad SMARTS) is 1. The number of aryl methyl sites for hydroxylation is 1. The predicted molar refractivity (Wildman–Crippen MR) is 128 cm³/mol. The number of halogens is 2. The second-order valence-corrected chi connectivity index (χ2v) is 9.97. The lowest BCUT2D eigenvalue weighted by Gasteiger charge is -2.34. The van der Waals surface area contributed by atoms with Crippen LogP contribution in [0.25, 0.3) is 10.9 Å². The highest BCUT2D eigenvalue weighted by Crippen LogP contribution is 2.31. The molecule has 11 heteroatoms. The molecule has 3 rings (SSSR count). The lowest BCUT2D eigenvalue weighted by molar-refractivity contribution is -0.873. The zero-order chi connectivity index (χ0) is 26.1. The number of hydrogen-bond donors (Lipinski definition) is 2. The number of pyridine rings is 1. The molecular formula is C24H33F2N4O5+. The minimum atomic E-state index is -1.15. The van der Waals surface area contributed by atoms with Crippen LogP contribution >= 0.6 is 0 Å². The van der Waals surface area contributed by atoms with E-state index in [0.29, 0.717) is 24.1 Å². The van der Waals surface area contributed by atoms with Gasteiger partial charge in [0.05, 0.1) is 38.5 Å². The van der Waals surface area contributed by atoms with Crippen LogP contribution in [0.4, 0.5) is 14.5 Å². The molecule has 0 saturated carbocycles. The number of fused-ring (bicyclic) bond motifs is 1. The normalized spacial score (nSPS) is 17.5. The van der Waals surface area contributed by atoms with Gasteiger partial charge in [-0.15, -0.1) is 0 Å². The first-order valence-electron chi connectivity index (χ1n) is 11.6. The average Bonchev–Trinajstić information content (AvgIpc) is 2.72. The van der Waals surface area contributed by atoms with E-state index in [2.05, 4.69) is 5.32 Å². The molecular weight excluding hydrogens is 462 g/mol. The third kappa shape index (κ3) is 5.96. The van der Waals surface area contributed by atoms with Crippen molar-refractivity contribution in [1.82, 2.24) is 9.88 Å². The molecule has 0 radical (unpaired) electrons. The first-order chi connectivity index (χ1) is 16.3. The highest BCUT2D eigenvalue weighted by molar-refractivity contribution is 5.95. The number of aromatic nitrogens is 1. The maximum atomic E-state index is 15.7. The minimum absolute atomic E-state index is 0.0363. The van der Waals surface area contributed by atoms with E-state index >= 15 is 8.78 Å². The second-order valence-electron chi connectivity index (χ2n) is 9.97. The Bertz CT molecular complexity index is 1190. The Morgan fingerprint density at radius 1 is 1.31 bits per heavy atom. The summed E-state index contributed by atoms with van der Waals surface area (Å²) in [5, 5.41) is 12.1. The van der Waals surface area contributed by atoms with E-state index in [9.17, 15) is 19.5 Å². The summed E-state index contributed by atoms with van der Waals surface area (Å²) >= 11 is 0. The van der Waals surface area contributed by atoms with Gasteiger partial charge < -0.3 is 29.1 Å². The number of anilines is 1. The number of quaternary nitrogens is 1. The van der Waals surface area contributed by atoms with Crippen molar-refractivity contribution in [3.63, 3.8) is 0 Å². The molecule has 2 N–H and O–H groups in total. The molecule has 1 fully saturated rings. The van der Waals surface area contributed by atoms with Gasteiger partial charge >= 0.3 is 11.9 Å². The Morgan fingerprint density at radius 2 is 2.00 bits per heavy atom. The molecule has 1 saturated heterocycles. The van der Waals surface area contributed by atoms with Crippen LogP contribution in [0, 0.1) is 11.6 Å². The fraction of sp³-hybridized carbons (Fsp3) is 0.542. The topological polar surface area (TPSA) is 101 Å². The number of hydrogen-bond acceptors (Lipinski definition) is 6. The number of esters is 1. The predicted octanol–water partition coefficient (Wildman–Crippen LogP) is 1.80. The summed E-state index contributed by atoms with van der Waals surface area (Å²) < 4.78 is 37.9. The van der Waals surface area contributed by atoms with E-state index in [-0.39, 0.29) is 35.7 Å². The largest absolute Gasteiger partial charge is 0.481 e. The van der Waals surface area contributed by atoms with E-state index in [0.717, 1.165) is 6.07 Å². The number of likely N-dealkylation sites (N-methyl/N-ethyl adjacent to an activating group) is 1. The van der Waals surface area contributed by atoms with Crippen molar-refractivity contribution in [3.05, 3.63) is 39.7 Å². The van der Waals surface area contributed by atoms with Crippen LogP contribution < -0.4 is 15.6 Å². The van der Waals surface area contributed by atoms with Gasteiger partial charge in [-0.25, -0.2) is 13.6 Å². The van der Waals surface area contributed by atoms with E-state index < -0.39 is 47.1 Å². The summed E-state index contributed by atoms with van der Waals surface area (Å²) in [5.74, 6) is -3.93. The number of carboxylic acids is 1. The fourth-order valence-corrected chi connectivity index (χ4v) is 4.46. The molecule has 1 aliphatic rings. The summed E-state index contributed by atoms with van der Waals surface area (Å²) in [6.45, 7) is 5.39. The highest BCUT2D eigenvalue weighted by Gasteiger charge is 2.30. The van der Waals surface area contributed by atoms with E-state index in [1.54, 1.807) is 11.8 Å². The Balaban J connectivity index is 2.08. The van der Waals surface area contributed by atoms with Gasteiger partial charge in [-0.3, -0.25) is 9.59 Å². The van der Waals surface area contributed by atoms with Gasteiger partial charge in [0, 0.05) is 38.4 Å². The molecule has 1 aliphatic heterocycles. The Hall–Kier alpha value is -3.05. The van der Waals surface area contributed by atoms with Gasteiger partial charge in [0.15, 0.2) is 11.9 Å². The molecule has 35 heavy (non-hydrogen) atoms. The van der Waals surface area contributed by atoms with Crippen molar-refractivity contribution in [3.8, 4) is 0 Å². The number of nitrogens with zero attached hydrogens (tertiary/aromatic N) is 3. The molecule has 2 heterocycles. The standard InChI is InChI=1S/C24H32F2N4O5/c1-6-28-12-17(24(34)35-15(9-19(31)32)13-30(3,4)5)23(33)16-10-18(25)22(20(26)21(16)28)29-8-7-27-14(2)11-29/h10,12,14-15,27H,6-9,11,13H2,1-5H3/p+1. The number of rotatable bonds is 8. The number of benzene rings is 1. The average molecular weight is 496 g/mol. The van der Waals surface area contributed by atoms with Crippen molar-refractivity contribution < 1.29 is 32.7 Å². The quantitative estimate of drug-likeness (QED) is 0.426. The van der Waals surface area contributed by atoms with Crippen LogP contribution in [0.2, 0.25) is 0 Å². The smallest absolute Gasteiger partial charge is 0.344 e. The lowest BCUT2D eigenvalue weighted by Crippen LogP contribution is -2.49. The molecule has 2 atom stereocenters. The Labute approximate surface area is 202 Å². The number of carbonyl (C=O) groups is 2. The van der Waals surface area contributed by atoms with Gasteiger partial charge in [-0.05, 0) is 19.9 Å². The lowest BCUT2D eigenvalue weighted by atomic mass is 10.1.